The fourth-order valence-corrected chi connectivity index (χ4v) is 1.78. The van der Waals surface area contributed by atoms with Crippen LogP contribution in [-0.4, -0.2) is 0 Å². The molecule has 0 fully saturated rings. The van der Waals surface area contributed by atoms with Gasteiger partial charge in [-0.15, -0.1) is 11.3 Å². The van der Waals surface area contributed by atoms with Crippen molar-refractivity contribution in [1.82, 2.24) is 0 Å². The molecule has 0 aromatic carbocycles. The number of nitrogens with two attached hydrogens (primary N) is 2. The van der Waals surface area contributed by atoms with Crippen LogP contribution in [0.4, 0.5) is 11.4 Å². The lowest BCUT2D eigenvalue weighted by atomic mass is 10.5. The SMILES string of the molecule is Nc1c(Cl)sc(Cl)c1N. The van der Waals surface area contributed by atoms with Gasteiger partial charge in [0.05, 0.1) is 11.4 Å². The summed E-state index contributed by atoms with van der Waals surface area (Å²) in [5, 5.41) is 0. The molecule has 0 amide bonds. The second kappa shape index (κ2) is 2.25. The van der Waals surface area contributed by atoms with Crippen LogP contribution >= 0.6 is 34.5 Å². The van der Waals surface area contributed by atoms with Gasteiger partial charge in [0.15, 0.2) is 0 Å². The summed E-state index contributed by atoms with van der Waals surface area (Å²) in [5.74, 6) is 0. The van der Waals surface area contributed by atoms with E-state index in [2.05, 4.69) is 0 Å². The number of hydrogen-bond acceptors (Lipinski definition) is 3. The molecule has 0 atom stereocenters. The van der Waals surface area contributed by atoms with Gasteiger partial charge in [-0.1, -0.05) is 23.2 Å². The number of halogens is 2. The molecular weight excluding hydrogens is 179 g/mol. The first-order chi connectivity index (χ1) is 4.13. The van der Waals surface area contributed by atoms with Crippen LogP contribution in [0.3, 0.4) is 0 Å². The predicted octanol–water partition coefficient (Wildman–Crippen LogP) is 2.22. The zero-order valence-corrected chi connectivity index (χ0v) is 6.65. The van der Waals surface area contributed by atoms with E-state index in [1.54, 1.807) is 0 Å². The largest absolute Gasteiger partial charge is 0.395 e. The maximum atomic E-state index is 5.56. The lowest BCUT2D eigenvalue weighted by Gasteiger charge is -1.87. The van der Waals surface area contributed by atoms with Crippen molar-refractivity contribution >= 4 is 45.9 Å². The van der Waals surface area contributed by atoms with Gasteiger partial charge in [-0.25, -0.2) is 0 Å². The molecule has 0 aliphatic heterocycles. The van der Waals surface area contributed by atoms with E-state index in [1.165, 1.54) is 11.3 Å². The standard InChI is InChI=1S/C4H4Cl2N2S/c5-3-1(7)2(8)4(6)9-3/h7-8H2. The highest BCUT2D eigenvalue weighted by atomic mass is 35.5. The Morgan fingerprint density at radius 2 is 1.33 bits per heavy atom. The molecule has 1 rings (SSSR count). The summed E-state index contributed by atoms with van der Waals surface area (Å²) in [5.41, 5.74) is 11.5. The molecular formula is C4H4Cl2N2S. The van der Waals surface area contributed by atoms with Crippen molar-refractivity contribution in [2.45, 2.75) is 0 Å². The van der Waals surface area contributed by atoms with Gasteiger partial charge in [0.1, 0.15) is 8.67 Å². The molecule has 1 heterocycles. The Balaban J connectivity index is 3.29. The van der Waals surface area contributed by atoms with E-state index >= 15 is 0 Å². The summed E-state index contributed by atoms with van der Waals surface area (Å²) in [6.45, 7) is 0. The Bertz CT molecular complexity index is 210. The molecule has 5 heteroatoms. The van der Waals surface area contributed by atoms with Crippen LogP contribution in [0, 0.1) is 0 Å². The van der Waals surface area contributed by atoms with Crippen molar-refractivity contribution in [3.63, 3.8) is 0 Å². The lowest BCUT2D eigenvalue weighted by molar-refractivity contribution is 1.82. The Morgan fingerprint density at radius 1 is 1.00 bits per heavy atom. The van der Waals surface area contributed by atoms with Crippen LogP contribution in [0.1, 0.15) is 0 Å². The molecule has 0 aliphatic rings. The van der Waals surface area contributed by atoms with E-state index in [4.69, 9.17) is 34.7 Å². The fourth-order valence-electron chi connectivity index (χ4n) is 0.400. The number of hydrogen-bond donors (Lipinski definition) is 2. The first kappa shape index (κ1) is 6.99. The van der Waals surface area contributed by atoms with Crippen molar-refractivity contribution in [2.24, 2.45) is 0 Å². The second-order valence-corrected chi connectivity index (χ2v) is 3.70. The monoisotopic (exact) mass is 182 g/mol. The number of nitrogen functional groups attached to an aromatic ring is 2. The van der Waals surface area contributed by atoms with Crippen LogP contribution in [0.15, 0.2) is 0 Å². The maximum absolute atomic E-state index is 5.56. The normalized spacial score (nSPS) is 10.0. The smallest absolute Gasteiger partial charge is 0.120 e. The van der Waals surface area contributed by atoms with Gasteiger partial charge in [-0.3, -0.25) is 0 Å². The molecule has 0 unspecified atom stereocenters. The summed E-state index contributed by atoms with van der Waals surface area (Å²) in [4.78, 5) is 0. The molecule has 1 aromatic rings. The average Bonchev–Trinajstić information content (AvgIpc) is 1.98. The summed E-state index contributed by atoms with van der Waals surface area (Å²) in [7, 11) is 0. The van der Waals surface area contributed by atoms with Gasteiger partial charge < -0.3 is 11.5 Å². The minimum absolute atomic E-state index is 0.381. The van der Waals surface area contributed by atoms with E-state index in [-0.39, 0.29) is 0 Å². The van der Waals surface area contributed by atoms with Gasteiger partial charge in [-0.2, -0.15) is 0 Å². The third kappa shape index (κ3) is 1.08. The number of thiophene rings is 1. The Morgan fingerprint density at radius 3 is 1.44 bits per heavy atom. The minimum Gasteiger partial charge on any atom is -0.395 e. The Hall–Kier alpha value is -0.120. The van der Waals surface area contributed by atoms with Gasteiger partial charge in [0.25, 0.3) is 0 Å². The Kier molecular flexibility index (Phi) is 1.75. The molecule has 0 saturated heterocycles. The third-order valence-electron chi connectivity index (χ3n) is 0.893. The van der Waals surface area contributed by atoms with Crippen LogP contribution in [0.5, 0.6) is 0 Å². The second-order valence-electron chi connectivity index (χ2n) is 1.48. The van der Waals surface area contributed by atoms with Crippen LogP contribution in [0.25, 0.3) is 0 Å². The van der Waals surface area contributed by atoms with Crippen LogP contribution in [-0.2, 0) is 0 Å². The molecule has 0 aliphatic carbocycles. The molecule has 50 valence electrons. The van der Waals surface area contributed by atoms with Gasteiger partial charge >= 0.3 is 0 Å². The number of rotatable bonds is 0. The first-order valence-electron chi connectivity index (χ1n) is 2.11. The molecule has 0 saturated carbocycles. The summed E-state index contributed by atoms with van der Waals surface area (Å²) in [6, 6.07) is 0. The molecule has 4 N–H and O–H groups in total. The van der Waals surface area contributed by atoms with Gasteiger partial charge in [0.2, 0.25) is 0 Å². The van der Waals surface area contributed by atoms with Crippen molar-refractivity contribution in [1.29, 1.82) is 0 Å². The zero-order chi connectivity index (χ0) is 7.02. The summed E-state index contributed by atoms with van der Waals surface area (Å²) in [6.07, 6.45) is 0. The maximum Gasteiger partial charge on any atom is 0.120 e. The van der Waals surface area contributed by atoms with E-state index in [0.717, 1.165) is 0 Å². The molecule has 1 aromatic heterocycles. The van der Waals surface area contributed by atoms with Crippen molar-refractivity contribution in [3.05, 3.63) is 8.67 Å². The highest BCUT2D eigenvalue weighted by molar-refractivity contribution is 7.21. The van der Waals surface area contributed by atoms with Crippen molar-refractivity contribution in [3.8, 4) is 0 Å². The summed E-state index contributed by atoms with van der Waals surface area (Å²) < 4.78 is 0.912. The molecule has 0 radical (unpaired) electrons. The van der Waals surface area contributed by atoms with Crippen LogP contribution < -0.4 is 11.5 Å². The van der Waals surface area contributed by atoms with Crippen molar-refractivity contribution < 1.29 is 0 Å². The number of anilines is 2. The lowest BCUT2D eigenvalue weighted by Crippen LogP contribution is -1.89. The van der Waals surface area contributed by atoms with Gasteiger partial charge in [0, 0.05) is 0 Å². The highest BCUT2D eigenvalue weighted by Crippen LogP contribution is 2.40. The average molecular weight is 183 g/mol. The quantitative estimate of drug-likeness (QED) is 0.647. The van der Waals surface area contributed by atoms with E-state index < -0.39 is 0 Å². The first-order valence-corrected chi connectivity index (χ1v) is 3.69. The molecule has 9 heavy (non-hydrogen) atoms. The zero-order valence-electron chi connectivity index (χ0n) is 4.32. The van der Waals surface area contributed by atoms with E-state index in [0.29, 0.717) is 20.0 Å². The molecule has 0 bridgehead atoms. The third-order valence-corrected chi connectivity index (χ3v) is 2.56. The highest BCUT2D eigenvalue weighted by Gasteiger charge is 2.08. The molecule has 0 spiro atoms. The fraction of sp³-hybridized carbons (Fsp3) is 0. The predicted molar refractivity (Wildman–Crippen MR) is 43.2 cm³/mol. The van der Waals surface area contributed by atoms with Crippen LogP contribution in [0.2, 0.25) is 8.67 Å². The van der Waals surface area contributed by atoms with Gasteiger partial charge in [-0.05, 0) is 0 Å². The Labute approximate surface area is 66.4 Å². The van der Waals surface area contributed by atoms with E-state index in [1.807, 2.05) is 0 Å². The van der Waals surface area contributed by atoms with E-state index in [9.17, 15) is 0 Å². The summed E-state index contributed by atoms with van der Waals surface area (Å²) >= 11 is 12.3. The van der Waals surface area contributed by atoms with Crippen molar-refractivity contribution in [2.75, 3.05) is 11.5 Å². The molecule has 2 nitrogen and oxygen atoms in total. The topological polar surface area (TPSA) is 52.0 Å². The minimum atomic E-state index is 0.381.